The lowest BCUT2D eigenvalue weighted by Crippen LogP contribution is -2.54. The number of nitrogens with one attached hydrogen (secondary N) is 1. The molecule has 2 saturated heterocycles. The lowest BCUT2D eigenvalue weighted by atomic mass is 10.1. The summed E-state index contributed by atoms with van der Waals surface area (Å²) in [6.07, 6.45) is 1.03. The quantitative estimate of drug-likeness (QED) is 0.885. The summed E-state index contributed by atoms with van der Waals surface area (Å²) >= 11 is 0. The molecule has 2 aliphatic heterocycles. The number of piperazine rings is 1. The van der Waals surface area contributed by atoms with E-state index >= 15 is 0 Å². The second-order valence-electron chi connectivity index (χ2n) is 6.65. The van der Waals surface area contributed by atoms with Crippen LogP contribution in [0, 0.1) is 11.7 Å². The highest BCUT2D eigenvalue weighted by Gasteiger charge is 2.26. The smallest absolute Gasteiger partial charge is 0.237 e. The van der Waals surface area contributed by atoms with Gasteiger partial charge in [-0.3, -0.25) is 9.69 Å². The average molecular weight is 335 g/mol. The van der Waals surface area contributed by atoms with Crippen LogP contribution in [0.3, 0.4) is 0 Å². The van der Waals surface area contributed by atoms with Crippen LogP contribution in [0.15, 0.2) is 24.3 Å². The van der Waals surface area contributed by atoms with Gasteiger partial charge in [-0.1, -0.05) is 0 Å². The first-order chi connectivity index (χ1) is 11.6. The van der Waals surface area contributed by atoms with Gasteiger partial charge in [-0.2, -0.15) is 0 Å². The van der Waals surface area contributed by atoms with Crippen molar-refractivity contribution in [2.24, 2.45) is 5.92 Å². The fourth-order valence-corrected chi connectivity index (χ4v) is 3.32. The average Bonchev–Trinajstić information content (AvgIpc) is 3.13. The molecule has 0 radical (unpaired) electrons. The van der Waals surface area contributed by atoms with E-state index in [2.05, 4.69) is 15.1 Å². The molecule has 132 valence electrons. The lowest BCUT2D eigenvalue weighted by molar-refractivity contribution is -0.126. The Bertz CT molecular complexity index is 538. The molecule has 6 heteroatoms. The Kier molecular flexibility index (Phi) is 5.68. The maximum Gasteiger partial charge on any atom is 0.237 e. The van der Waals surface area contributed by atoms with Gasteiger partial charge in [0.05, 0.1) is 12.6 Å². The van der Waals surface area contributed by atoms with Gasteiger partial charge in [0.15, 0.2) is 0 Å². The normalized spacial score (nSPS) is 23.2. The molecule has 0 unspecified atom stereocenters. The summed E-state index contributed by atoms with van der Waals surface area (Å²) in [4.78, 5) is 16.8. The number of carbonyl (C=O) groups is 1. The number of anilines is 1. The van der Waals surface area contributed by atoms with Crippen LogP contribution in [-0.4, -0.2) is 62.8 Å². The van der Waals surface area contributed by atoms with E-state index < -0.39 is 0 Å². The standard InChI is InChI=1S/C18H26FN3O2/c1-14(18(23)20-12-15-6-11-24-13-15)21-7-9-22(10-8-21)17-4-2-16(19)3-5-17/h2-5,14-15H,6-13H2,1H3,(H,20,23)/t14-,15+/m1/s1. The van der Waals surface area contributed by atoms with Crippen LogP contribution in [0.1, 0.15) is 13.3 Å². The minimum absolute atomic E-state index is 0.0946. The Labute approximate surface area is 142 Å². The molecular formula is C18H26FN3O2. The summed E-state index contributed by atoms with van der Waals surface area (Å²) in [6, 6.07) is 6.48. The van der Waals surface area contributed by atoms with Gasteiger partial charge in [-0.05, 0) is 37.6 Å². The number of rotatable bonds is 5. The summed E-state index contributed by atoms with van der Waals surface area (Å²) in [5, 5.41) is 3.05. The molecule has 2 fully saturated rings. The molecule has 0 bridgehead atoms. The SMILES string of the molecule is C[C@H](C(=O)NC[C@@H]1CCOC1)N1CCN(c2ccc(F)cc2)CC1. The molecule has 1 amide bonds. The van der Waals surface area contributed by atoms with Crippen LogP contribution in [0.2, 0.25) is 0 Å². The molecule has 0 spiro atoms. The molecule has 1 aromatic rings. The number of nitrogens with zero attached hydrogens (tertiary/aromatic N) is 2. The highest BCUT2D eigenvalue weighted by atomic mass is 19.1. The third-order valence-corrected chi connectivity index (χ3v) is 5.02. The number of benzene rings is 1. The number of carbonyl (C=O) groups excluding carboxylic acids is 1. The maximum absolute atomic E-state index is 13.0. The van der Waals surface area contributed by atoms with Crippen molar-refractivity contribution in [1.82, 2.24) is 10.2 Å². The van der Waals surface area contributed by atoms with E-state index in [0.717, 1.165) is 51.5 Å². The Hall–Kier alpha value is -1.66. The molecule has 24 heavy (non-hydrogen) atoms. The topological polar surface area (TPSA) is 44.8 Å². The fourth-order valence-electron chi connectivity index (χ4n) is 3.32. The molecule has 0 aliphatic carbocycles. The molecule has 5 nitrogen and oxygen atoms in total. The largest absolute Gasteiger partial charge is 0.381 e. The van der Waals surface area contributed by atoms with Crippen LogP contribution < -0.4 is 10.2 Å². The van der Waals surface area contributed by atoms with Gasteiger partial charge in [-0.25, -0.2) is 4.39 Å². The van der Waals surface area contributed by atoms with E-state index in [-0.39, 0.29) is 17.8 Å². The van der Waals surface area contributed by atoms with Crippen molar-refractivity contribution in [3.05, 3.63) is 30.1 Å². The number of hydrogen-bond acceptors (Lipinski definition) is 4. The number of ether oxygens (including phenoxy) is 1. The molecule has 0 aromatic heterocycles. The van der Waals surface area contributed by atoms with E-state index in [1.54, 1.807) is 0 Å². The third kappa shape index (κ3) is 4.24. The van der Waals surface area contributed by atoms with Gasteiger partial charge in [0, 0.05) is 50.9 Å². The second kappa shape index (κ2) is 7.94. The zero-order valence-corrected chi connectivity index (χ0v) is 14.2. The predicted molar refractivity (Wildman–Crippen MR) is 91.6 cm³/mol. The van der Waals surface area contributed by atoms with Crippen LogP contribution >= 0.6 is 0 Å². The zero-order valence-electron chi connectivity index (χ0n) is 14.2. The van der Waals surface area contributed by atoms with Gasteiger partial charge in [-0.15, -0.1) is 0 Å². The van der Waals surface area contributed by atoms with E-state index in [9.17, 15) is 9.18 Å². The van der Waals surface area contributed by atoms with Gasteiger partial charge < -0.3 is 15.0 Å². The number of amides is 1. The summed E-state index contributed by atoms with van der Waals surface area (Å²) < 4.78 is 18.4. The number of hydrogen-bond donors (Lipinski definition) is 1. The predicted octanol–water partition coefficient (Wildman–Crippen LogP) is 1.49. The molecule has 2 aliphatic rings. The second-order valence-corrected chi connectivity index (χ2v) is 6.65. The molecule has 0 saturated carbocycles. The molecule has 1 aromatic carbocycles. The first-order valence-corrected chi connectivity index (χ1v) is 8.73. The van der Waals surface area contributed by atoms with Crippen LogP contribution in [-0.2, 0) is 9.53 Å². The van der Waals surface area contributed by atoms with E-state index in [0.29, 0.717) is 12.5 Å². The molecule has 2 atom stereocenters. The van der Waals surface area contributed by atoms with Crippen LogP contribution in [0.5, 0.6) is 0 Å². The number of halogens is 1. The minimum Gasteiger partial charge on any atom is -0.381 e. The van der Waals surface area contributed by atoms with Crippen LogP contribution in [0.25, 0.3) is 0 Å². The Balaban J connectivity index is 1.44. The van der Waals surface area contributed by atoms with Crippen molar-refractivity contribution in [2.45, 2.75) is 19.4 Å². The van der Waals surface area contributed by atoms with Crippen molar-refractivity contribution < 1.29 is 13.9 Å². The van der Waals surface area contributed by atoms with Gasteiger partial charge in [0.25, 0.3) is 0 Å². The summed E-state index contributed by atoms with van der Waals surface area (Å²) in [6.45, 7) is 7.59. The monoisotopic (exact) mass is 335 g/mol. The fraction of sp³-hybridized carbons (Fsp3) is 0.611. The van der Waals surface area contributed by atoms with Gasteiger partial charge in [0.2, 0.25) is 5.91 Å². The highest BCUT2D eigenvalue weighted by molar-refractivity contribution is 5.81. The van der Waals surface area contributed by atoms with Gasteiger partial charge >= 0.3 is 0 Å². The van der Waals surface area contributed by atoms with Crippen molar-refractivity contribution in [1.29, 1.82) is 0 Å². The van der Waals surface area contributed by atoms with Crippen molar-refractivity contribution in [3.63, 3.8) is 0 Å². The van der Waals surface area contributed by atoms with Crippen molar-refractivity contribution in [3.8, 4) is 0 Å². The molecule has 2 heterocycles. The minimum atomic E-state index is -0.213. The highest BCUT2D eigenvalue weighted by Crippen LogP contribution is 2.18. The molecular weight excluding hydrogens is 309 g/mol. The first-order valence-electron chi connectivity index (χ1n) is 8.73. The third-order valence-electron chi connectivity index (χ3n) is 5.02. The maximum atomic E-state index is 13.0. The summed E-state index contributed by atoms with van der Waals surface area (Å²) in [7, 11) is 0. The van der Waals surface area contributed by atoms with E-state index in [1.165, 1.54) is 12.1 Å². The van der Waals surface area contributed by atoms with Crippen molar-refractivity contribution >= 4 is 11.6 Å². The Morgan fingerprint density at radius 2 is 2.00 bits per heavy atom. The van der Waals surface area contributed by atoms with Crippen LogP contribution in [0.4, 0.5) is 10.1 Å². The van der Waals surface area contributed by atoms with Gasteiger partial charge in [0.1, 0.15) is 5.82 Å². The summed E-state index contributed by atoms with van der Waals surface area (Å²) in [5.41, 5.74) is 1.04. The van der Waals surface area contributed by atoms with E-state index in [4.69, 9.17) is 4.74 Å². The molecule has 1 N–H and O–H groups in total. The van der Waals surface area contributed by atoms with E-state index in [1.807, 2.05) is 19.1 Å². The lowest BCUT2D eigenvalue weighted by Gasteiger charge is -2.38. The molecule has 3 rings (SSSR count). The Morgan fingerprint density at radius 3 is 2.62 bits per heavy atom. The zero-order chi connectivity index (χ0) is 16.9. The Morgan fingerprint density at radius 1 is 1.29 bits per heavy atom. The first kappa shape index (κ1) is 17.2. The van der Waals surface area contributed by atoms with Crippen molar-refractivity contribution in [2.75, 3.05) is 50.8 Å². The summed E-state index contributed by atoms with van der Waals surface area (Å²) in [5.74, 6) is 0.337.